The Hall–Kier alpha value is -1.32. The molecule has 4 heteroatoms. The Bertz CT molecular complexity index is 301. The molecule has 0 fully saturated rings. The van der Waals surface area contributed by atoms with Gasteiger partial charge in [-0.25, -0.2) is 4.98 Å². The second-order valence-corrected chi connectivity index (χ2v) is 4.00. The van der Waals surface area contributed by atoms with Gasteiger partial charge in [-0.3, -0.25) is 0 Å². The van der Waals surface area contributed by atoms with E-state index in [1.54, 1.807) is 6.20 Å². The topological polar surface area (TPSA) is 49.8 Å². The van der Waals surface area contributed by atoms with Gasteiger partial charge in [-0.15, -0.1) is 0 Å². The minimum absolute atomic E-state index is 0.443. The molecule has 16 heavy (non-hydrogen) atoms. The Morgan fingerprint density at radius 1 is 1.38 bits per heavy atom. The highest BCUT2D eigenvalue weighted by Gasteiger charge is 2.01. The molecule has 1 aromatic heterocycles. The third kappa shape index (κ3) is 4.47. The molecular formula is C12H22N4. The quantitative estimate of drug-likeness (QED) is 0.696. The van der Waals surface area contributed by atoms with Crippen molar-refractivity contribution in [2.24, 2.45) is 0 Å². The largest absolute Gasteiger partial charge is 0.367 e. The summed E-state index contributed by atoms with van der Waals surface area (Å²) in [6, 6.07) is 2.34. The zero-order chi connectivity index (χ0) is 11.8. The van der Waals surface area contributed by atoms with E-state index in [0.717, 1.165) is 25.2 Å². The third-order valence-corrected chi connectivity index (χ3v) is 2.48. The van der Waals surface area contributed by atoms with Gasteiger partial charge in [-0.05, 0) is 25.8 Å². The predicted molar refractivity (Wildman–Crippen MR) is 68.8 cm³/mol. The standard InChI is InChI=1S/C12H22N4/c1-4-6-8-13-12-14-9-7-11(16-12)15-10(3)5-2/h7,9-10H,4-6,8H2,1-3H3,(H2,13,14,15,16). The van der Waals surface area contributed by atoms with Crippen molar-refractivity contribution in [2.45, 2.75) is 46.1 Å². The lowest BCUT2D eigenvalue weighted by Crippen LogP contribution is -2.15. The maximum atomic E-state index is 4.40. The van der Waals surface area contributed by atoms with Gasteiger partial charge in [0.2, 0.25) is 5.95 Å². The molecule has 0 aromatic carbocycles. The second kappa shape index (κ2) is 7.04. The van der Waals surface area contributed by atoms with Gasteiger partial charge in [-0.2, -0.15) is 4.98 Å². The summed E-state index contributed by atoms with van der Waals surface area (Å²) >= 11 is 0. The molecule has 0 radical (unpaired) electrons. The van der Waals surface area contributed by atoms with Crippen LogP contribution in [0.5, 0.6) is 0 Å². The zero-order valence-electron chi connectivity index (χ0n) is 10.5. The average Bonchev–Trinajstić information content (AvgIpc) is 2.30. The predicted octanol–water partition coefficient (Wildman–Crippen LogP) is 2.90. The summed E-state index contributed by atoms with van der Waals surface area (Å²) < 4.78 is 0. The molecule has 90 valence electrons. The van der Waals surface area contributed by atoms with Gasteiger partial charge >= 0.3 is 0 Å². The first kappa shape index (κ1) is 12.7. The van der Waals surface area contributed by atoms with Crippen LogP contribution < -0.4 is 10.6 Å². The first-order chi connectivity index (χ1) is 7.76. The number of nitrogens with one attached hydrogen (secondary N) is 2. The normalized spacial score (nSPS) is 12.2. The first-order valence-corrected chi connectivity index (χ1v) is 6.09. The summed E-state index contributed by atoms with van der Waals surface area (Å²) in [5.74, 6) is 1.60. The number of hydrogen-bond acceptors (Lipinski definition) is 4. The highest BCUT2D eigenvalue weighted by molar-refractivity contribution is 5.40. The van der Waals surface area contributed by atoms with Crippen molar-refractivity contribution >= 4 is 11.8 Å². The summed E-state index contributed by atoms with van der Waals surface area (Å²) in [7, 11) is 0. The average molecular weight is 222 g/mol. The van der Waals surface area contributed by atoms with E-state index in [4.69, 9.17) is 0 Å². The molecule has 1 atom stereocenters. The molecule has 1 heterocycles. The highest BCUT2D eigenvalue weighted by atomic mass is 15.1. The molecule has 0 saturated heterocycles. The van der Waals surface area contributed by atoms with E-state index in [9.17, 15) is 0 Å². The molecule has 0 amide bonds. The molecule has 1 rings (SSSR count). The van der Waals surface area contributed by atoms with Crippen molar-refractivity contribution in [2.75, 3.05) is 17.2 Å². The minimum atomic E-state index is 0.443. The van der Waals surface area contributed by atoms with Gasteiger partial charge in [0, 0.05) is 18.8 Å². The van der Waals surface area contributed by atoms with E-state index < -0.39 is 0 Å². The van der Waals surface area contributed by atoms with Crippen molar-refractivity contribution in [3.8, 4) is 0 Å². The number of aromatic nitrogens is 2. The molecule has 4 nitrogen and oxygen atoms in total. The van der Waals surface area contributed by atoms with Crippen LogP contribution in [0.2, 0.25) is 0 Å². The molecule has 1 aromatic rings. The monoisotopic (exact) mass is 222 g/mol. The van der Waals surface area contributed by atoms with Gasteiger partial charge in [0.1, 0.15) is 5.82 Å². The fourth-order valence-corrected chi connectivity index (χ4v) is 1.26. The van der Waals surface area contributed by atoms with Gasteiger partial charge in [-0.1, -0.05) is 20.3 Å². The summed E-state index contributed by atoms with van der Waals surface area (Å²) in [5.41, 5.74) is 0. The smallest absolute Gasteiger partial charge is 0.224 e. The third-order valence-electron chi connectivity index (χ3n) is 2.48. The van der Waals surface area contributed by atoms with E-state index >= 15 is 0 Å². The maximum Gasteiger partial charge on any atom is 0.224 e. The fraction of sp³-hybridized carbons (Fsp3) is 0.667. The van der Waals surface area contributed by atoms with E-state index in [1.165, 1.54) is 6.42 Å². The molecule has 0 aliphatic rings. The van der Waals surface area contributed by atoms with Crippen LogP contribution >= 0.6 is 0 Å². The van der Waals surface area contributed by atoms with Crippen LogP contribution in [0.4, 0.5) is 11.8 Å². The molecular weight excluding hydrogens is 200 g/mol. The van der Waals surface area contributed by atoms with Crippen molar-refractivity contribution in [1.29, 1.82) is 0 Å². The lowest BCUT2D eigenvalue weighted by molar-refractivity contribution is 0.758. The molecule has 0 saturated carbocycles. The fourth-order valence-electron chi connectivity index (χ4n) is 1.26. The van der Waals surface area contributed by atoms with Gasteiger partial charge in [0.15, 0.2) is 0 Å². The lowest BCUT2D eigenvalue weighted by Gasteiger charge is -2.12. The van der Waals surface area contributed by atoms with Crippen molar-refractivity contribution in [3.63, 3.8) is 0 Å². The Morgan fingerprint density at radius 2 is 2.19 bits per heavy atom. The van der Waals surface area contributed by atoms with E-state index in [1.807, 2.05) is 6.07 Å². The molecule has 0 aliphatic carbocycles. The van der Waals surface area contributed by atoms with Crippen LogP contribution in [0, 0.1) is 0 Å². The van der Waals surface area contributed by atoms with Crippen molar-refractivity contribution < 1.29 is 0 Å². The molecule has 0 spiro atoms. The SMILES string of the molecule is CCCCNc1nccc(NC(C)CC)n1. The van der Waals surface area contributed by atoms with Crippen LogP contribution in [0.25, 0.3) is 0 Å². The van der Waals surface area contributed by atoms with E-state index in [0.29, 0.717) is 12.0 Å². The molecule has 1 unspecified atom stereocenters. The Morgan fingerprint density at radius 3 is 2.88 bits per heavy atom. The lowest BCUT2D eigenvalue weighted by atomic mass is 10.2. The van der Waals surface area contributed by atoms with Gasteiger partial charge in [0.05, 0.1) is 0 Å². The highest BCUT2D eigenvalue weighted by Crippen LogP contribution is 2.08. The maximum absolute atomic E-state index is 4.40. The van der Waals surface area contributed by atoms with Crippen molar-refractivity contribution in [3.05, 3.63) is 12.3 Å². The number of rotatable bonds is 7. The van der Waals surface area contributed by atoms with Crippen LogP contribution in [0.3, 0.4) is 0 Å². The first-order valence-electron chi connectivity index (χ1n) is 6.09. The molecule has 0 bridgehead atoms. The van der Waals surface area contributed by atoms with Gasteiger partial charge in [0.25, 0.3) is 0 Å². The van der Waals surface area contributed by atoms with Gasteiger partial charge < -0.3 is 10.6 Å². The Labute approximate surface area is 97.9 Å². The van der Waals surface area contributed by atoms with Crippen LogP contribution in [0.1, 0.15) is 40.0 Å². The minimum Gasteiger partial charge on any atom is -0.367 e. The van der Waals surface area contributed by atoms with Crippen molar-refractivity contribution in [1.82, 2.24) is 9.97 Å². The summed E-state index contributed by atoms with van der Waals surface area (Å²) in [6.07, 6.45) is 5.19. The van der Waals surface area contributed by atoms with Crippen LogP contribution in [-0.4, -0.2) is 22.6 Å². The van der Waals surface area contributed by atoms with Crippen LogP contribution in [-0.2, 0) is 0 Å². The molecule has 2 N–H and O–H groups in total. The van der Waals surface area contributed by atoms with Crippen LogP contribution in [0.15, 0.2) is 12.3 Å². The van der Waals surface area contributed by atoms with E-state index in [2.05, 4.69) is 41.4 Å². The second-order valence-electron chi connectivity index (χ2n) is 4.00. The van der Waals surface area contributed by atoms with E-state index in [-0.39, 0.29) is 0 Å². The zero-order valence-corrected chi connectivity index (χ0v) is 10.5. The number of nitrogens with zero attached hydrogens (tertiary/aromatic N) is 2. The molecule has 0 aliphatic heterocycles. The number of hydrogen-bond donors (Lipinski definition) is 2. The summed E-state index contributed by atoms with van der Waals surface area (Å²) in [5, 5.41) is 6.55. The number of unbranched alkanes of at least 4 members (excludes halogenated alkanes) is 1. The Balaban J connectivity index is 2.50. The summed E-state index contributed by atoms with van der Waals surface area (Å²) in [6.45, 7) is 7.40. The number of anilines is 2. The summed E-state index contributed by atoms with van der Waals surface area (Å²) in [4.78, 5) is 8.58. The Kier molecular flexibility index (Phi) is 5.61.